The van der Waals surface area contributed by atoms with Crippen molar-refractivity contribution in [3.05, 3.63) is 29.6 Å². The Balaban J connectivity index is 2.02. The molecule has 1 N–H and O–H groups in total. The summed E-state index contributed by atoms with van der Waals surface area (Å²) in [6.07, 6.45) is -0.950. The van der Waals surface area contributed by atoms with E-state index in [0.29, 0.717) is 37.6 Å². The first kappa shape index (κ1) is 13.6. The minimum Gasteiger partial charge on any atom is -0.465 e. The van der Waals surface area contributed by atoms with E-state index in [0.717, 1.165) is 0 Å². The van der Waals surface area contributed by atoms with Gasteiger partial charge in [0.15, 0.2) is 0 Å². The molecule has 0 saturated carbocycles. The van der Waals surface area contributed by atoms with E-state index in [-0.39, 0.29) is 11.8 Å². The quantitative estimate of drug-likeness (QED) is 0.829. The number of alkyl halides is 1. The van der Waals surface area contributed by atoms with Gasteiger partial charge < -0.3 is 14.9 Å². The van der Waals surface area contributed by atoms with E-state index >= 15 is 0 Å². The van der Waals surface area contributed by atoms with Crippen molar-refractivity contribution in [2.24, 2.45) is 0 Å². The molecule has 1 aliphatic heterocycles. The van der Waals surface area contributed by atoms with Crippen LogP contribution in [0.4, 0.5) is 4.79 Å². The summed E-state index contributed by atoms with van der Waals surface area (Å²) in [7, 11) is 0. The number of rotatable bonds is 2. The van der Waals surface area contributed by atoms with Crippen LogP contribution in [0.1, 0.15) is 16.2 Å². The maximum absolute atomic E-state index is 12.2. The van der Waals surface area contributed by atoms with Crippen LogP contribution in [-0.2, 0) is 5.88 Å². The second kappa shape index (κ2) is 5.88. The van der Waals surface area contributed by atoms with E-state index in [1.165, 1.54) is 4.90 Å². The average molecular weight is 284 g/mol. The van der Waals surface area contributed by atoms with Crippen molar-refractivity contribution in [3.8, 4) is 0 Å². The van der Waals surface area contributed by atoms with Crippen LogP contribution in [-0.4, -0.2) is 58.1 Å². The first-order valence-corrected chi connectivity index (χ1v) is 6.44. The number of hydrogen-bond acceptors (Lipinski definition) is 3. The molecule has 2 amide bonds. The summed E-state index contributed by atoms with van der Waals surface area (Å²) in [6, 6.07) is 5.14. The summed E-state index contributed by atoms with van der Waals surface area (Å²) in [5.74, 6) is 0.0745. The first-order chi connectivity index (χ1) is 9.11. The molecule has 1 saturated heterocycles. The maximum atomic E-state index is 12.2. The van der Waals surface area contributed by atoms with Gasteiger partial charge in [-0.25, -0.2) is 9.78 Å². The number of nitrogens with zero attached hydrogens (tertiary/aromatic N) is 3. The largest absolute Gasteiger partial charge is 0.465 e. The highest BCUT2D eigenvalue weighted by Crippen LogP contribution is 2.09. The fourth-order valence-corrected chi connectivity index (χ4v) is 2.08. The SMILES string of the molecule is O=C(O)N1CCN(C(=O)c2cccc(CCl)n2)CC1. The van der Waals surface area contributed by atoms with Crippen molar-refractivity contribution in [2.45, 2.75) is 5.88 Å². The van der Waals surface area contributed by atoms with Gasteiger partial charge in [0, 0.05) is 26.2 Å². The van der Waals surface area contributed by atoms with Crippen LogP contribution in [0.5, 0.6) is 0 Å². The Morgan fingerprint density at radius 2 is 1.84 bits per heavy atom. The molecule has 0 spiro atoms. The van der Waals surface area contributed by atoms with Gasteiger partial charge in [-0.2, -0.15) is 0 Å². The third kappa shape index (κ3) is 3.14. The van der Waals surface area contributed by atoms with Crippen LogP contribution < -0.4 is 0 Å². The van der Waals surface area contributed by atoms with Crippen molar-refractivity contribution >= 4 is 23.6 Å². The van der Waals surface area contributed by atoms with E-state index in [2.05, 4.69) is 4.98 Å². The molecule has 1 aromatic heterocycles. The highest BCUT2D eigenvalue weighted by Gasteiger charge is 2.25. The molecule has 1 aliphatic rings. The summed E-state index contributed by atoms with van der Waals surface area (Å²) in [6.45, 7) is 1.43. The number of carboxylic acid groups (broad SMARTS) is 1. The highest BCUT2D eigenvalue weighted by molar-refractivity contribution is 6.16. The molecular formula is C12H14ClN3O3. The number of pyridine rings is 1. The van der Waals surface area contributed by atoms with Crippen molar-refractivity contribution in [1.29, 1.82) is 0 Å². The summed E-state index contributed by atoms with van der Waals surface area (Å²) < 4.78 is 0. The van der Waals surface area contributed by atoms with Gasteiger partial charge in [-0.1, -0.05) is 6.07 Å². The van der Waals surface area contributed by atoms with Crippen LogP contribution in [0.15, 0.2) is 18.2 Å². The van der Waals surface area contributed by atoms with E-state index in [9.17, 15) is 9.59 Å². The molecule has 1 fully saturated rings. The molecular weight excluding hydrogens is 270 g/mol. The Hall–Kier alpha value is -1.82. The molecule has 0 bridgehead atoms. The molecule has 0 aromatic carbocycles. The number of carbonyl (C=O) groups is 2. The van der Waals surface area contributed by atoms with E-state index in [1.807, 2.05) is 0 Å². The smallest absolute Gasteiger partial charge is 0.407 e. The summed E-state index contributed by atoms with van der Waals surface area (Å²) in [4.78, 5) is 30.1. The van der Waals surface area contributed by atoms with Crippen LogP contribution in [0.2, 0.25) is 0 Å². The number of piperazine rings is 1. The van der Waals surface area contributed by atoms with Gasteiger partial charge in [0.2, 0.25) is 0 Å². The van der Waals surface area contributed by atoms with Gasteiger partial charge in [0.1, 0.15) is 5.69 Å². The molecule has 0 unspecified atom stereocenters. The summed E-state index contributed by atoms with van der Waals surface area (Å²) in [5, 5.41) is 8.84. The molecule has 1 aromatic rings. The zero-order valence-corrected chi connectivity index (χ0v) is 11.0. The molecule has 6 nitrogen and oxygen atoms in total. The Bertz CT molecular complexity index is 487. The number of carbonyl (C=O) groups excluding carboxylic acids is 1. The molecule has 102 valence electrons. The van der Waals surface area contributed by atoms with Gasteiger partial charge in [0.25, 0.3) is 5.91 Å². The third-order valence-corrected chi connectivity index (χ3v) is 3.27. The fourth-order valence-electron chi connectivity index (χ4n) is 1.94. The van der Waals surface area contributed by atoms with Crippen LogP contribution in [0, 0.1) is 0 Å². The molecule has 2 rings (SSSR count). The zero-order chi connectivity index (χ0) is 13.8. The standard InChI is InChI=1S/C12H14ClN3O3/c13-8-9-2-1-3-10(14-9)11(17)15-4-6-16(7-5-15)12(18)19/h1-3H,4-8H2,(H,18,19). The Labute approximate surface area is 115 Å². The van der Waals surface area contributed by atoms with Crippen LogP contribution in [0.25, 0.3) is 0 Å². The Kier molecular flexibility index (Phi) is 4.21. The minimum atomic E-state index is -0.950. The van der Waals surface area contributed by atoms with Gasteiger partial charge >= 0.3 is 6.09 Å². The summed E-state index contributed by atoms with van der Waals surface area (Å²) >= 11 is 5.68. The van der Waals surface area contributed by atoms with E-state index in [1.54, 1.807) is 23.1 Å². The molecule has 0 aliphatic carbocycles. The van der Waals surface area contributed by atoms with Crippen LogP contribution in [0.3, 0.4) is 0 Å². The fraction of sp³-hybridized carbons (Fsp3) is 0.417. The predicted molar refractivity (Wildman–Crippen MR) is 69.3 cm³/mol. The van der Waals surface area contributed by atoms with E-state index in [4.69, 9.17) is 16.7 Å². The normalized spacial score (nSPS) is 15.4. The van der Waals surface area contributed by atoms with Crippen molar-refractivity contribution in [1.82, 2.24) is 14.8 Å². The molecule has 19 heavy (non-hydrogen) atoms. The van der Waals surface area contributed by atoms with Gasteiger partial charge in [-0.05, 0) is 12.1 Å². The minimum absolute atomic E-state index is 0.183. The maximum Gasteiger partial charge on any atom is 0.407 e. The average Bonchev–Trinajstić information content (AvgIpc) is 2.46. The number of hydrogen-bond donors (Lipinski definition) is 1. The van der Waals surface area contributed by atoms with Gasteiger partial charge in [0.05, 0.1) is 11.6 Å². The van der Waals surface area contributed by atoms with Gasteiger partial charge in [-0.3, -0.25) is 4.79 Å². The second-order valence-corrected chi connectivity index (χ2v) is 4.48. The Morgan fingerprint density at radius 1 is 1.21 bits per heavy atom. The highest BCUT2D eigenvalue weighted by atomic mass is 35.5. The number of halogens is 1. The number of amides is 2. The van der Waals surface area contributed by atoms with Crippen molar-refractivity contribution in [3.63, 3.8) is 0 Å². The predicted octanol–water partition coefficient (Wildman–Crippen LogP) is 1.26. The number of aromatic nitrogens is 1. The lowest BCUT2D eigenvalue weighted by Gasteiger charge is -2.32. The third-order valence-electron chi connectivity index (χ3n) is 3.00. The zero-order valence-electron chi connectivity index (χ0n) is 10.3. The Morgan fingerprint density at radius 3 is 2.42 bits per heavy atom. The molecule has 7 heteroatoms. The second-order valence-electron chi connectivity index (χ2n) is 4.21. The van der Waals surface area contributed by atoms with Crippen molar-refractivity contribution in [2.75, 3.05) is 26.2 Å². The van der Waals surface area contributed by atoms with Crippen LogP contribution >= 0.6 is 11.6 Å². The molecule has 0 radical (unpaired) electrons. The lowest BCUT2D eigenvalue weighted by atomic mass is 10.2. The molecule has 0 atom stereocenters. The lowest BCUT2D eigenvalue weighted by molar-refractivity contribution is 0.0619. The lowest BCUT2D eigenvalue weighted by Crippen LogP contribution is -2.50. The monoisotopic (exact) mass is 283 g/mol. The summed E-state index contributed by atoms with van der Waals surface area (Å²) in [5.41, 5.74) is 0.999. The topological polar surface area (TPSA) is 73.7 Å². The molecule has 2 heterocycles. The van der Waals surface area contributed by atoms with Crippen molar-refractivity contribution < 1.29 is 14.7 Å². The van der Waals surface area contributed by atoms with E-state index < -0.39 is 6.09 Å². The van der Waals surface area contributed by atoms with Gasteiger partial charge in [-0.15, -0.1) is 11.6 Å². The first-order valence-electron chi connectivity index (χ1n) is 5.91.